The molecule has 4 rings (SSSR count). The molecule has 3 N–H and O–H groups in total. The second-order valence-electron chi connectivity index (χ2n) is 7.56. The number of amides is 3. The summed E-state index contributed by atoms with van der Waals surface area (Å²) in [7, 11) is -1.55. The average molecular weight is 433 g/mol. The highest BCUT2D eigenvalue weighted by molar-refractivity contribution is 7.91. The number of benzene rings is 1. The van der Waals surface area contributed by atoms with Crippen molar-refractivity contribution in [2.45, 2.75) is 18.5 Å². The van der Waals surface area contributed by atoms with Crippen molar-refractivity contribution < 1.29 is 22.7 Å². The van der Waals surface area contributed by atoms with E-state index in [9.17, 15) is 18.0 Å². The molecule has 0 saturated carbocycles. The number of hydrogen-bond donors (Lipinski definition) is 2. The second kappa shape index (κ2) is 7.63. The van der Waals surface area contributed by atoms with Gasteiger partial charge in [-0.3, -0.25) is 9.48 Å². The monoisotopic (exact) mass is 433 g/mol. The number of urea groups is 1. The molecule has 11 heteroatoms. The van der Waals surface area contributed by atoms with Gasteiger partial charge in [-0.05, 0) is 36.8 Å². The molecule has 160 valence electrons. The molecular weight excluding hydrogens is 410 g/mol. The summed E-state index contributed by atoms with van der Waals surface area (Å²) in [4.78, 5) is 25.2. The Balaban J connectivity index is 1.60. The lowest BCUT2D eigenvalue weighted by Crippen LogP contribution is -2.62. The molecule has 2 aliphatic rings. The topological polar surface area (TPSA) is 137 Å². The Morgan fingerprint density at radius 1 is 1.23 bits per heavy atom. The van der Waals surface area contributed by atoms with Crippen LogP contribution in [0.5, 0.6) is 5.75 Å². The molecule has 1 aromatic heterocycles. The molecule has 1 aromatic carbocycles. The summed E-state index contributed by atoms with van der Waals surface area (Å²) >= 11 is 0. The van der Waals surface area contributed by atoms with Crippen molar-refractivity contribution in [1.29, 1.82) is 0 Å². The van der Waals surface area contributed by atoms with E-state index < -0.39 is 15.9 Å². The lowest BCUT2D eigenvalue weighted by Gasteiger charge is -2.38. The smallest absolute Gasteiger partial charge is 0.314 e. The maximum absolute atomic E-state index is 12.7. The number of nitrogens with two attached hydrogens (primary N) is 1. The van der Waals surface area contributed by atoms with E-state index in [0.717, 1.165) is 5.56 Å². The van der Waals surface area contributed by atoms with E-state index in [1.807, 2.05) is 12.1 Å². The zero-order chi connectivity index (χ0) is 21.5. The summed E-state index contributed by atoms with van der Waals surface area (Å²) in [6, 6.07) is 7.90. The van der Waals surface area contributed by atoms with Crippen molar-refractivity contribution in [2.75, 3.05) is 31.7 Å². The van der Waals surface area contributed by atoms with E-state index in [4.69, 9.17) is 10.5 Å². The summed E-state index contributed by atoms with van der Waals surface area (Å²) in [6.07, 6.45) is 0.449. The predicted molar refractivity (Wildman–Crippen MR) is 109 cm³/mol. The molecule has 2 fully saturated rings. The average Bonchev–Trinajstić information content (AvgIpc) is 3.27. The van der Waals surface area contributed by atoms with Crippen molar-refractivity contribution in [3.05, 3.63) is 36.0 Å². The zero-order valence-corrected chi connectivity index (χ0v) is 17.3. The molecule has 2 saturated heterocycles. The number of carbonyl (C=O) groups excluding carboxylic acids is 2. The van der Waals surface area contributed by atoms with Crippen LogP contribution in [0.25, 0.3) is 11.3 Å². The van der Waals surface area contributed by atoms with Gasteiger partial charge in [0.05, 0.1) is 36.4 Å². The fourth-order valence-corrected chi connectivity index (χ4v) is 5.43. The molecule has 1 unspecified atom stereocenters. The number of nitrogens with zero attached hydrogens (tertiary/aromatic N) is 3. The largest absolute Gasteiger partial charge is 0.497 e. The minimum atomic E-state index is -3.12. The Morgan fingerprint density at radius 2 is 1.93 bits per heavy atom. The summed E-state index contributed by atoms with van der Waals surface area (Å²) in [5.41, 5.74) is 6.86. The highest BCUT2D eigenvalue weighted by Gasteiger charge is 2.34. The molecule has 2 aliphatic heterocycles. The number of carbonyl (C=O) groups is 2. The van der Waals surface area contributed by atoms with E-state index in [1.165, 1.54) is 4.90 Å². The Labute approximate surface area is 173 Å². The van der Waals surface area contributed by atoms with Gasteiger partial charge in [-0.2, -0.15) is 5.10 Å². The van der Waals surface area contributed by atoms with Gasteiger partial charge in [-0.15, -0.1) is 0 Å². The third kappa shape index (κ3) is 3.97. The van der Waals surface area contributed by atoms with Crippen LogP contribution in [0.1, 0.15) is 23.0 Å². The Kier molecular flexibility index (Phi) is 5.14. The SMILES string of the molecule is COc1ccc(-c2cc(C(=O)NC3CN(C(N)=O)C3)nn2C2CCS(=O)(=O)C2)cc1. The van der Waals surface area contributed by atoms with Crippen LogP contribution in [-0.4, -0.2) is 72.8 Å². The van der Waals surface area contributed by atoms with Crippen LogP contribution in [-0.2, 0) is 9.84 Å². The third-order valence-corrected chi connectivity index (χ3v) is 7.19. The fourth-order valence-electron chi connectivity index (χ4n) is 3.74. The standard InChI is InChI=1S/C19H23N5O5S/c1-29-15-4-2-12(3-5-15)17-8-16(18(25)21-13-9-23(10-13)19(20)26)22-24(17)14-6-7-30(27,28)11-14/h2-5,8,13-14H,6-7,9-11H2,1H3,(H2,20,26)(H,21,25). The van der Waals surface area contributed by atoms with Crippen molar-refractivity contribution >= 4 is 21.8 Å². The number of aromatic nitrogens is 2. The van der Waals surface area contributed by atoms with Gasteiger partial charge in [0.1, 0.15) is 5.75 Å². The summed E-state index contributed by atoms with van der Waals surface area (Å²) in [5, 5.41) is 7.28. The maximum atomic E-state index is 12.7. The van der Waals surface area contributed by atoms with Crippen LogP contribution in [0.15, 0.2) is 30.3 Å². The van der Waals surface area contributed by atoms with Crippen LogP contribution < -0.4 is 15.8 Å². The van der Waals surface area contributed by atoms with Crippen molar-refractivity contribution in [2.24, 2.45) is 5.73 Å². The van der Waals surface area contributed by atoms with Crippen LogP contribution in [0.3, 0.4) is 0 Å². The highest BCUT2D eigenvalue weighted by atomic mass is 32.2. The van der Waals surface area contributed by atoms with E-state index >= 15 is 0 Å². The van der Waals surface area contributed by atoms with Gasteiger partial charge in [0.15, 0.2) is 15.5 Å². The van der Waals surface area contributed by atoms with Crippen LogP contribution in [0, 0.1) is 0 Å². The lowest BCUT2D eigenvalue weighted by atomic mass is 10.1. The Morgan fingerprint density at radius 3 is 2.50 bits per heavy atom. The molecule has 3 amide bonds. The first-order chi connectivity index (χ1) is 14.3. The summed E-state index contributed by atoms with van der Waals surface area (Å²) in [6.45, 7) is 0.710. The minimum Gasteiger partial charge on any atom is -0.497 e. The van der Waals surface area contributed by atoms with Crippen LogP contribution in [0.2, 0.25) is 0 Å². The van der Waals surface area contributed by atoms with Crippen molar-refractivity contribution in [3.8, 4) is 17.0 Å². The Hall–Kier alpha value is -3.08. The van der Waals surface area contributed by atoms with Crippen LogP contribution in [0.4, 0.5) is 4.79 Å². The van der Waals surface area contributed by atoms with E-state index in [2.05, 4.69) is 10.4 Å². The van der Waals surface area contributed by atoms with E-state index in [-0.39, 0.29) is 35.2 Å². The number of primary amides is 1. The second-order valence-corrected chi connectivity index (χ2v) is 9.79. The number of methoxy groups -OCH3 is 1. The number of sulfone groups is 1. The minimum absolute atomic E-state index is 0.00487. The highest BCUT2D eigenvalue weighted by Crippen LogP contribution is 2.31. The van der Waals surface area contributed by atoms with E-state index in [0.29, 0.717) is 31.0 Å². The van der Waals surface area contributed by atoms with Gasteiger partial charge in [-0.1, -0.05) is 0 Å². The van der Waals surface area contributed by atoms with Gasteiger partial charge >= 0.3 is 6.03 Å². The summed E-state index contributed by atoms with van der Waals surface area (Å²) < 4.78 is 30.8. The van der Waals surface area contributed by atoms with Gasteiger partial charge in [0.25, 0.3) is 5.91 Å². The quantitative estimate of drug-likeness (QED) is 0.701. The zero-order valence-electron chi connectivity index (χ0n) is 16.4. The van der Waals surface area contributed by atoms with Crippen molar-refractivity contribution in [1.82, 2.24) is 20.0 Å². The number of rotatable bonds is 5. The number of likely N-dealkylation sites (tertiary alicyclic amines) is 1. The molecule has 0 aliphatic carbocycles. The lowest BCUT2D eigenvalue weighted by molar-refractivity contribution is 0.0855. The maximum Gasteiger partial charge on any atom is 0.314 e. The molecule has 2 aromatic rings. The predicted octanol–water partition coefficient (Wildman–Crippen LogP) is 0.411. The normalized spacial score (nSPS) is 20.6. The fraction of sp³-hybridized carbons (Fsp3) is 0.421. The molecule has 0 bridgehead atoms. The molecule has 3 heterocycles. The molecule has 0 spiro atoms. The first-order valence-electron chi connectivity index (χ1n) is 9.55. The van der Waals surface area contributed by atoms with E-state index in [1.54, 1.807) is 30.0 Å². The third-order valence-electron chi connectivity index (χ3n) is 5.44. The van der Waals surface area contributed by atoms with Gasteiger partial charge in [0.2, 0.25) is 0 Å². The van der Waals surface area contributed by atoms with Crippen molar-refractivity contribution in [3.63, 3.8) is 0 Å². The van der Waals surface area contributed by atoms with Crippen LogP contribution >= 0.6 is 0 Å². The Bertz CT molecular complexity index is 1070. The molecule has 30 heavy (non-hydrogen) atoms. The molecule has 0 radical (unpaired) electrons. The number of ether oxygens (including phenoxy) is 1. The van der Waals surface area contributed by atoms with Gasteiger partial charge in [0, 0.05) is 18.7 Å². The number of nitrogens with one attached hydrogen (secondary N) is 1. The molecule has 1 atom stereocenters. The molecule has 10 nitrogen and oxygen atoms in total. The molecular formula is C19H23N5O5S. The van der Waals surface area contributed by atoms with Gasteiger partial charge in [-0.25, -0.2) is 13.2 Å². The van der Waals surface area contributed by atoms with Gasteiger partial charge < -0.3 is 20.7 Å². The number of hydrogen-bond acceptors (Lipinski definition) is 6. The first-order valence-corrected chi connectivity index (χ1v) is 11.4. The first kappa shape index (κ1) is 20.2. The summed E-state index contributed by atoms with van der Waals surface area (Å²) in [5.74, 6) is 0.412.